The quantitative estimate of drug-likeness (QED) is 0.763. The first-order valence-corrected chi connectivity index (χ1v) is 8.26. The number of benzene rings is 1. The first-order valence-electron chi connectivity index (χ1n) is 6.27. The lowest BCUT2D eigenvalue weighted by atomic mass is 10.0. The summed E-state index contributed by atoms with van der Waals surface area (Å²) in [6.07, 6.45) is 0. The van der Waals surface area contributed by atoms with E-state index in [4.69, 9.17) is 11.6 Å². The maximum atomic E-state index is 6.18. The minimum Gasteiger partial charge on any atom is -0.306 e. The number of aryl methyl sites for hydroxylation is 2. The van der Waals surface area contributed by atoms with Gasteiger partial charge in [-0.25, -0.2) is 0 Å². The molecule has 1 unspecified atom stereocenters. The van der Waals surface area contributed by atoms with Gasteiger partial charge in [0.1, 0.15) is 0 Å². The van der Waals surface area contributed by atoms with E-state index in [0.717, 1.165) is 11.6 Å². The van der Waals surface area contributed by atoms with Gasteiger partial charge in [0.05, 0.1) is 6.04 Å². The molecule has 0 saturated heterocycles. The van der Waals surface area contributed by atoms with Crippen molar-refractivity contribution in [2.24, 2.45) is 0 Å². The molecule has 1 aromatic heterocycles. The fourth-order valence-corrected chi connectivity index (χ4v) is 4.10. The smallest absolute Gasteiger partial charge is 0.0672 e. The number of thiophene rings is 1. The normalized spacial score (nSPS) is 12.7. The second kappa shape index (κ2) is 6.40. The minimum atomic E-state index is 0.206. The summed E-state index contributed by atoms with van der Waals surface area (Å²) in [4.78, 5) is 2.62. The molecule has 0 amide bonds. The van der Waals surface area contributed by atoms with E-state index < -0.39 is 0 Å². The summed E-state index contributed by atoms with van der Waals surface area (Å²) in [6, 6.07) is 8.64. The Morgan fingerprint density at radius 2 is 2.00 bits per heavy atom. The zero-order chi connectivity index (χ0) is 14.0. The number of hydrogen-bond acceptors (Lipinski definition) is 2. The fraction of sp³-hybridized carbons (Fsp3) is 0.333. The van der Waals surface area contributed by atoms with Crippen molar-refractivity contribution in [2.75, 3.05) is 6.54 Å². The molecule has 1 aromatic carbocycles. The van der Waals surface area contributed by atoms with Crippen molar-refractivity contribution in [1.29, 1.82) is 0 Å². The Morgan fingerprint density at radius 1 is 1.26 bits per heavy atom. The average molecular weight is 359 g/mol. The highest BCUT2D eigenvalue weighted by atomic mass is 79.9. The third kappa shape index (κ3) is 3.60. The Balaban J connectivity index is 2.44. The molecular formula is C15H17BrClNS. The van der Waals surface area contributed by atoms with Gasteiger partial charge in [0.2, 0.25) is 0 Å². The van der Waals surface area contributed by atoms with Gasteiger partial charge in [0.15, 0.2) is 0 Å². The van der Waals surface area contributed by atoms with Crippen LogP contribution < -0.4 is 5.32 Å². The first kappa shape index (κ1) is 15.0. The van der Waals surface area contributed by atoms with Crippen LogP contribution in [0.15, 0.2) is 28.7 Å². The van der Waals surface area contributed by atoms with E-state index in [1.165, 1.54) is 25.4 Å². The number of hydrogen-bond donors (Lipinski definition) is 1. The van der Waals surface area contributed by atoms with Crippen molar-refractivity contribution >= 4 is 38.9 Å². The summed E-state index contributed by atoms with van der Waals surface area (Å²) in [7, 11) is 0. The standard InChI is InChI=1S/C15H17BrClNS/c1-4-18-15(14-8-13(16)10(3)19-14)11-5-9(2)6-12(17)7-11/h5-8,15,18H,4H2,1-3H3. The van der Waals surface area contributed by atoms with Crippen LogP contribution in [0.2, 0.25) is 5.02 Å². The zero-order valence-electron chi connectivity index (χ0n) is 11.3. The molecule has 0 radical (unpaired) electrons. The second-order valence-electron chi connectivity index (χ2n) is 4.61. The lowest BCUT2D eigenvalue weighted by Gasteiger charge is -2.18. The van der Waals surface area contributed by atoms with Gasteiger partial charge in [0, 0.05) is 19.2 Å². The molecule has 0 bridgehead atoms. The van der Waals surface area contributed by atoms with Crippen molar-refractivity contribution < 1.29 is 0 Å². The lowest BCUT2D eigenvalue weighted by Crippen LogP contribution is -2.21. The Labute approximate surface area is 132 Å². The summed E-state index contributed by atoms with van der Waals surface area (Å²) < 4.78 is 1.18. The molecule has 1 N–H and O–H groups in total. The number of halogens is 2. The van der Waals surface area contributed by atoms with Gasteiger partial charge in [-0.15, -0.1) is 11.3 Å². The van der Waals surface area contributed by atoms with Crippen LogP contribution in [0, 0.1) is 13.8 Å². The molecule has 1 nitrogen and oxygen atoms in total. The second-order valence-corrected chi connectivity index (χ2v) is 7.18. The van der Waals surface area contributed by atoms with Gasteiger partial charge in [-0.3, -0.25) is 0 Å². The molecule has 0 aliphatic heterocycles. The molecule has 19 heavy (non-hydrogen) atoms. The van der Waals surface area contributed by atoms with Crippen molar-refractivity contribution in [1.82, 2.24) is 5.32 Å². The molecule has 2 rings (SSSR count). The highest BCUT2D eigenvalue weighted by Gasteiger charge is 2.17. The van der Waals surface area contributed by atoms with Crippen LogP contribution in [0.4, 0.5) is 0 Å². The zero-order valence-corrected chi connectivity index (χ0v) is 14.4. The van der Waals surface area contributed by atoms with Gasteiger partial charge in [-0.2, -0.15) is 0 Å². The van der Waals surface area contributed by atoms with Crippen LogP contribution >= 0.6 is 38.9 Å². The molecule has 0 saturated carbocycles. The molecule has 2 aromatic rings. The third-order valence-corrected chi connectivity index (χ3v) is 5.39. The van der Waals surface area contributed by atoms with Crippen molar-refractivity contribution in [3.63, 3.8) is 0 Å². The van der Waals surface area contributed by atoms with Crippen LogP contribution in [0.1, 0.15) is 33.8 Å². The topological polar surface area (TPSA) is 12.0 Å². The van der Waals surface area contributed by atoms with Crippen LogP contribution in [-0.4, -0.2) is 6.54 Å². The molecular weight excluding hydrogens is 342 g/mol. The Hall–Kier alpha value is -0.350. The molecule has 0 aliphatic rings. The first-order chi connectivity index (χ1) is 9.01. The SMILES string of the molecule is CCNC(c1cc(C)cc(Cl)c1)c1cc(Br)c(C)s1. The van der Waals surface area contributed by atoms with E-state index in [1.807, 2.05) is 23.5 Å². The molecule has 0 aliphatic carbocycles. The van der Waals surface area contributed by atoms with E-state index in [2.05, 4.69) is 54.2 Å². The molecule has 1 atom stereocenters. The van der Waals surface area contributed by atoms with Gasteiger partial charge in [0.25, 0.3) is 0 Å². The number of nitrogens with one attached hydrogen (secondary N) is 1. The van der Waals surface area contributed by atoms with E-state index in [1.54, 1.807) is 0 Å². The van der Waals surface area contributed by atoms with Crippen LogP contribution in [0.25, 0.3) is 0 Å². The van der Waals surface area contributed by atoms with Crippen molar-refractivity contribution in [3.8, 4) is 0 Å². The highest BCUT2D eigenvalue weighted by Crippen LogP contribution is 2.34. The van der Waals surface area contributed by atoms with E-state index >= 15 is 0 Å². The van der Waals surface area contributed by atoms with E-state index in [-0.39, 0.29) is 6.04 Å². The van der Waals surface area contributed by atoms with E-state index in [9.17, 15) is 0 Å². The molecule has 0 fully saturated rings. The third-order valence-electron chi connectivity index (χ3n) is 2.97. The highest BCUT2D eigenvalue weighted by molar-refractivity contribution is 9.10. The Morgan fingerprint density at radius 3 is 2.53 bits per heavy atom. The van der Waals surface area contributed by atoms with Crippen molar-refractivity contribution in [2.45, 2.75) is 26.8 Å². The minimum absolute atomic E-state index is 0.206. The fourth-order valence-electron chi connectivity index (χ4n) is 2.14. The summed E-state index contributed by atoms with van der Waals surface area (Å²) in [5.74, 6) is 0. The number of rotatable bonds is 4. The summed E-state index contributed by atoms with van der Waals surface area (Å²) in [5, 5.41) is 4.34. The average Bonchev–Trinajstić information content (AvgIpc) is 2.65. The summed E-state index contributed by atoms with van der Waals surface area (Å²) in [5.41, 5.74) is 2.42. The predicted octanol–water partition coefficient (Wildman–Crippen LogP) is 5.48. The maximum Gasteiger partial charge on any atom is 0.0672 e. The molecule has 102 valence electrons. The van der Waals surface area contributed by atoms with Gasteiger partial charge in [-0.05, 0) is 65.6 Å². The van der Waals surface area contributed by atoms with Gasteiger partial charge >= 0.3 is 0 Å². The molecule has 1 heterocycles. The van der Waals surface area contributed by atoms with E-state index in [0.29, 0.717) is 0 Å². The van der Waals surface area contributed by atoms with Crippen LogP contribution in [-0.2, 0) is 0 Å². The summed E-state index contributed by atoms with van der Waals surface area (Å²) in [6.45, 7) is 7.25. The predicted molar refractivity (Wildman–Crippen MR) is 88.5 cm³/mol. The largest absolute Gasteiger partial charge is 0.306 e. The summed E-state index contributed by atoms with van der Waals surface area (Å²) >= 11 is 11.6. The Kier molecular flexibility index (Phi) is 5.07. The molecule has 0 spiro atoms. The molecule has 4 heteroatoms. The Bertz CT molecular complexity index is 540. The van der Waals surface area contributed by atoms with Crippen LogP contribution in [0.3, 0.4) is 0 Å². The maximum absolute atomic E-state index is 6.18. The van der Waals surface area contributed by atoms with Gasteiger partial charge in [-0.1, -0.05) is 24.6 Å². The monoisotopic (exact) mass is 357 g/mol. The van der Waals surface area contributed by atoms with Crippen LogP contribution in [0.5, 0.6) is 0 Å². The van der Waals surface area contributed by atoms with Crippen molar-refractivity contribution in [3.05, 3.63) is 54.6 Å². The lowest BCUT2D eigenvalue weighted by molar-refractivity contribution is 0.639. The van der Waals surface area contributed by atoms with Gasteiger partial charge < -0.3 is 5.32 Å².